The molecule has 0 amide bonds. The van der Waals surface area contributed by atoms with E-state index in [0.717, 1.165) is 24.8 Å². The zero-order valence-corrected chi connectivity index (χ0v) is 13.4. The Bertz CT molecular complexity index is 475. The summed E-state index contributed by atoms with van der Waals surface area (Å²) >= 11 is 3.59. The van der Waals surface area contributed by atoms with Gasteiger partial charge in [0, 0.05) is 41.6 Å². The van der Waals surface area contributed by atoms with Crippen LogP contribution in [0.4, 0.5) is 5.13 Å². The molecule has 0 saturated heterocycles. The molecule has 0 radical (unpaired) electrons. The van der Waals surface area contributed by atoms with E-state index in [9.17, 15) is 0 Å². The first-order valence-electron chi connectivity index (χ1n) is 6.71. The van der Waals surface area contributed by atoms with Crippen LogP contribution in [-0.4, -0.2) is 18.1 Å². The van der Waals surface area contributed by atoms with Gasteiger partial charge in [-0.25, -0.2) is 4.98 Å². The molecule has 0 spiro atoms. The van der Waals surface area contributed by atoms with Crippen molar-refractivity contribution < 1.29 is 0 Å². The molecule has 5 heteroatoms. The summed E-state index contributed by atoms with van der Waals surface area (Å²) in [5.41, 5.74) is 0. The fourth-order valence-corrected chi connectivity index (χ4v) is 3.66. The van der Waals surface area contributed by atoms with Crippen molar-refractivity contribution in [3.05, 3.63) is 33.5 Å². The number of aromatic nitrogens is 1. The van der Waals surface area contributed by atoms with Crippen molar-refractivity contribution in [1.82, 2.24) is 10.3 Å². The average Bonchev–Trinajstić information content (AvgIpc) is 3.09. The van der Waals surface area contributed by atoms with E-state index < -0.39 is 0 Å². The SMILES string of the molecule is CCN(CC)c1ncc(CN[C@@H](C)c2cccs2)s1. The van der Waals surface area contributed by atoms with Crippen LogP contribution in [0.25, 0.3) is 0 Å². The largest absolute Gasteiger partial charge is 0.349 e. The van der Waals surface area contributed by atoms with Gasteiger partial charge in [-0.15, -0.1) is 22.7 Å². The quantitative estimate of drug-likeness (QED) is 0.839. The fraction of sp³-hybridized carbons (Fsp3) is 0.500. The van der Waals surface area contributed by atoms with Gasteiger partial charge in [-0.1, -0.05) is 6.07 Å². The van der Waals surface area contributed by atoms with Crippen LogP contribution in [0.3, 0.4) is 0 Å². The number of hydrogen-bond donors (Lipinski definition) is 1. The molecule has 1 atom stereocenters. The Balaban J connectivity index is 1.90. The van der Waals surface area contributed by atoms with Gasteiger partial charge in [0.05, 0.1) is 0 Å². The monoisotopic (exact) mass is 295 g/mol. The zero-order chi connectivity index (χ0) is 13.7. The van der Waals surface area contributed by atoms with Gasteiger partial charge in [0.25, 0.3) is 0 Å². The van der Waals surface area contributed by atoms with Crippen LogP contribution >= 0.6 is 22.7 Å². The smallest absolute Gasteiger partial charge is 0.185 e. The Morgan fingerprint density at radius 1 is 1.37 bits per heavy atom. The van der Waals surface area contributed by atoms with E-state index in [1.165, 1.54) is 9.75 Å². The normalized spacial score (nSPS) is 12.6. The van der Waals surface area contributed by atoms with E-state index in [2.05, 4.69) is 53.5 Å². The van der Waals surface area contributed by atoms with Crippen molar-refractivity contribution >= 4 is 27.8 Å². The Labute approximate surface area is 123 Å². The Morgan fingerprint density at radius 3 is 2.79 bits per heavy atom. The summed E-state index contributed by atoms with van der Waals surface area (Å²) < 4.78 is 0. The minimum Gasteiger partial charge on any atom is -0.349 e. The van der Waals surface area contributed by atoms with Crippen molar-refractivity contribution in [2.75, 3.05) is 18.0 Å². The molecular formula is C14H21N3S2. The maximum absolute atomic E-state index is 4.51. The molecule has 0 aliphatic heterocycles. The van der Waals surface area contributed by atoms with Gasteiger partial charge in [-0.05, 0) is 32.2 Å². The van der Waals surface area contributed by atoms with Crippen LogP contribution in [0.15, 0.2) is 23.7 Å². The molecule has 2 aromatic rings. The van der Waals surface area contributed by atoms with Crippen molar-refractivity contribution in [3.63, 3.8) is 0 Å². The molecule has 0 saturated carbocycles. The van der Waals surface area contributed by atoms with Crippen LogP contribution in [-0.2, 0) is 6.54 Å². The van der Waals surface area contributed by atoms with Gasteiger partial charge in [-0.2, -0.15) is 0 Å². The maximum Gasteiger partial charge on any atom is 0.185 e. The lowest BCUT2D eigenvalue weighted by Crippen LogP contribution is -2.21. The van der Waals surface area contributed by atoms with Crippen molar-refractivity contribution in [2.24, 2.45) is 0 Å². The van der Waals surface area contributed by atoms with Crippen molar-refractivity contribution in [2.45, 2.75) is 33.4 Å². The minimum absolute atomic E-state index is 0.402. The number of hydrogen-bond acceptors (Lipinski definition) is 5. The van der Waals surface area contributed by atoms with Gasteiger partial charge < -0.3 is 10.2 Å². The first kappa shape index (κ1) is 14.5. The van der Waals surface area contributed by atoms with E-state index in [-0.39, 0.29) is 0 Å². The third kappa shape index (κ3) is 3.78. The van der Waals surface area contributed by atoms with Gasteiger partial charge in [0.1, 0.15) is 0 Å². The standard InChI is InChI=1S/C14H21N3S2/c1-4-17(5-2)14-16-10-12(19-14)9-15-11(3)13-7-6-8-18-13/h6-8,10-11,15H,4-5,9H2,1-3H3/t11-/m0/s1. The highest BCUT2D eigenvalue weighted by Crippen LogP contribution is 2.23. The first-order valence-corrected chi connectivity index (χ1v) is 8.40. The molecule has 0 aromatic carbocycles. The van der Waals surface area contributed by atoms with E-state index in [1.807, 2.05) is 6.20 Å². The fourth-order valence-electron chi connectivity index (χ4n) is 1.91. The average molecular weight is 295 g/mol. The van der Waals surface area contributed by atoms with E-state index >= 15 is 0 Å². The summed E-state index contributed by atoms with van der Waals surface area (Å²) in [4.78, 5) is 9.47. The third-order valence-electron chi connectivity index (χ3n) is 3.13. The number of anilines is 1. The lowest BCUT2D eigenvalue weighted by molar-refractivity contribution is 0.587. The number of thiazole rings is 1. The van der Waals surface area contributed by atoms with Crippen LogP contribution in [0, 0.1) is 0 Å². The summed E-state index contributed by atoms with van der Waals surface area (Å²) in [5, 5.41) is 6.81. The third-order valence-corrected chi connectivity index (χ3v) is 5.24. The van der Waals surface area contributed by atoms with Crippen LogP contribution in [0.5, 0.6) is 0 Å². The molecule has 19 heavy (non-hydrogen) atoms. The van der Waals surface area contributed by atoms with Gasteiger partial charge >= 0.3 is 0 Å². The van der Waals surface area contributed by atoms with E-state index in [0.29, 0.717) is 6.04 Å². The molecular weight excluding hydrogens is 274 g/mol. The zero-order valence-electron chi connectivity index (χ0n) is 11.7. The number of nitrogens with one attached hydrogen (secondary N) is 1. The highest BCUT2D eigenvalue weighted by molar-refractivity contribution is 7.15. The predicted molar refractivity (Wildman–Crippen MR) is 85.2 cm³/mol. The summed E-state index contributed by atoms with van der Waals surface area (Å²) in [7, 11) is 0. The Hall–Kier alpha value is -0.910. The highest BCUT2D eigenvalue weighted by atomic mass is 32.1. The van der Waals surface area contributed by atoms with E-state index in [4.69, 9.17) is 0 Å². The Morgan fingerprint density at radius 2 is 2.16 bits per heavy atom. The predicted octanol–water partition coefficient (Wildman–Crippen LogP) is 3.90. The lowest BCUT2D eigenvalue weighted by Gasteiger charge is -2.16. The van der Waals surface area contributed by atoms with Crippen molar-refractivity contribution in [3.8, 4) is 0 Å². The van der Waals surface area contributed by atoms with Crippen LogP contribution in [0.1, 0.15) is 36.6 Å². The summed E-state index contributed by atoms with van der Waals surface area (Å²) in [6.07, 6.45) is 1.99. The first-order chi connectivity index (χ1) is 9.24. The molecule has 0 unspecified atom stereocenters. The maximum atomic E-state index is 4.51. The molecule has 104 valence electrons. The van der Waals surface area contributed by atoms with Crippen molar-refractivity contribution in [1.29, 1.82) is 0 Å². The molecule has 0 bridgehead atoms. The second-order valence-electron chi connectivity index (χ2n) is 4.40. The lowest BCUT2D eigenvalue weighted by atomic mass is 10.3. The molecule has 2 rings (SSSR count). The van der Waals surface area contributed by atoms with Crippen LogP contribution < -0.4 is 10.2 Å². The number of thiophene rings is 1. The van der Waals surface area contributed by atoms with E-state index in [1.54, 1.807) is 22.7 Å². The molecule has 0 aliphatic rings. The molecule has 2 aromatic heterocycles. The molecule has 0 aliphatic carbocycles. The van der Waals surface area contributed by atoms with Gasteiger partial charge in [-0.3, -0.25) is 0 Å². The summed E-state index contributed by atoms with van der Waals surface area (Å²) in [6.45, 7) is 9.46. The molecule has 2 heterocycles. The van der Waals surface area contributed by atoms with Gasteiger partial charge in [0.15, 0.2) is 5.13 Å². The second kappa shape index (κ2) is 7.03. The second-order valence-corrected chi connectivity index (χ2v) is 6.47. The minimum atomic E-state index is 0.402. The number of rotatable bonds is 7. The number of nitrogens with zero attached hydrogens (tertiary/aromatic N) is 2. The molecule has 3 nitrogen and oxygen atoms in total. The topological polar surface area (TPSA) is 28.2 Å². The summed E-state index contributed by atoms with van der Waals surface area (Å²) in [6, 6.07) is 4.68. The van der Waals surface area contributed by atoms with Crippen LogP contribution in [0.2, 0.25) is 0 Å². The Kier molecular flexibility index (Phi) is 5.36. The van der Waals surface area contributed by atoms with Gasteiger partial charge in [0.2, 0.25) is 0 Å². The summed E-state index contributed by atoms with van der Waals surface area (Å²) in [5.74, 6) is 0. The highest BCUT2D eigenvalue weighted by Gasteiger charge is 2.09. The molecule has 1 N–H and O–H groups in total. The molecule has 0 fully saturated rings.